The predicted molar refractivity (Wildman–Crippen MR) is 119 cm³/mol. The number of hydrogen-bond donors (Lipinski definition) is 0. The van der Waals surface area contributed by atoms with Crippen molar-refractivity contribution in [2.24, 2.45) is 0 Å². The van der Waals surface area contributed by atoms with Crippen molar-refractivity contribution in [1.82, 2.24) is 14.1 Å². The lowest BCUT2D eigenvalue weighted by Gasteiger charge is -2.17. The van der Waals surface area contributed by atoms with Crippen LogP contribution in [0.4, 0.5) is 4.39 Å². The highest BCUT2D eigenvalue weighted by Gasteiger charge is 2.23. The third-order valence-corrected chi connectivity index (χ3v) is 6.87. The number of rotatable bonds is 6. The van der Waals surface area contributed by atoms with Gasteiger partial charge in [0.2, 0.25) is 10.0 Å². The first-order valence-electron chi connectivity index (χ1n) is 9.77. The molecule has 0 fully saturated rings. The topological polar surface area (TPSA) is 55.2 Å². The second kappa shape index (κ2) is 8.45. The summed E-state index contributed by atoms with van der Waals surface area (Å²) in [6.45, 7) is 2.03. The maximum Gasteiger partial charge on any atom is 0.243 e. The van der Waals surface area contributed by atoms with Gasteiger partial charge >= 0.3 is 0 Å². The highest BCUT2D eigenvalue weighted by Crippen LogP contribution is 2.27. The van der Waals surface area contributed by atoms with E-state index >= 15 is 0 Å². The number of sulfonamides is 1. The van der Waals surface area contributed by atoms with Crippen molar-refractivity contribution in [3.8, 4) is 16.9 Å². The average molecular weight is 436 g/mol. The third kappa shape index (κ3) is 4.42. The molecule has 1 aromatic heterocycles. The van der Waals surface area contributed by atoms with E-state index in [1.54, 1.807) is 48.1 Å². The minimum atomic E-state index is -3.68. The lowest BCUT2D eigenvalue weighted by atomic mass is 10.1. The summed E-state index contributed by atoms with van der Waals surface area (Å²) in [6, 6.07) is 22.3. The first-order chi connectivity index (χ1) is 14.8. The van der Waals surface area contributed by atoms with Crippen molar-refractivity contribution in [3.63, 3.8) is 0 Å². The van der Waals surface area contributed by atoms with Crippen LogP contribution in [0.15, 0.2) is 90.0 Å². The molecule has 0 spiro atoms. The molecule has 5 nitrogen and oxygen atoms in total. The van der Waals surface area contributed by atoms with Crippen molar-refractivity contribution >= 4 is 10.0 Å². The first-order valence-corrected chi connectivity index (χ1v) is 11.2. The highest BCUT2D eigenvalue weighted by atomic mass is 32.2. The molecular weight excluding hydrogens is 413 g/mol. The van der Waals surface area contributed by atoms with Crippen LogP contribution in [0, 0.1) is 12.7 Å². The van der Waals surface area contributed by atoms with Gasteiger partial charge in [0.05, 0.1) is 16.3 Å². The van der Waals surface area contributed by atoms with Gasteiger partial charge in [-0.15, -0.1) is 0 Å². The quantitative estimate of drug-likeness (QED) is 0.437. The van der Waals surface area contributed by atoms with E-state index in [2.05, 4.69) is 5.10 Å². The van der Waals surface area contributed by atoms with Gasteiger partial charge in [0.15, 0.2) is 0 Å². The average Bonchev–Trinajstić information content (AvgIpc) is 3.19. The summed E-state index contributed by atoms with van der Waals surface area (Å²) in [6.07, 6.45) is 1.81. The molecule has 0 unspecified atom stereocenters. The van der Waals surface area contributed by atoms with E-state index < -0.39 is 10.0 Å². The molecule has 0 saturated heterocycles. The van der Waals surface area contributed by atoms with Gasteiger partial charge in [-0.1, -0.05) is 35.9 Å². The molecule has 0 aliphatic heterocycles. The fourth-order valence-electron chi connectivity index (χ4n) is 3.30. The van der Waals surface area contributed by atoms with Crippen LogP contribution in [-0.4, -0.2) is 29.6 Å². The van der Waals surface area contributed by atoms with E-state index in [-0.39, 0.29) is 17.3 Å². The summed E-state index contributed by atoms with van der Waals surface area (Å²) >= 11 is 0. The Morgan fingerprint density at radius 3 is 2.23 bits per heavy atom. The molecule has 158 valence electrons. The molecule has 0 atom stereocenters. The predicted octanol–water partition coefficient (Wildman–Crippen LogP) is 4.81. The normalized spacial score (nSPS) is 11.7. The van der Waals surface area contributed by atoms with Crippen molar-refractivity contribution in [2.45, 2.75) is 18.4 Å². The van der Waals surface area contributed by atoms with E-state index in [1.165, 1.54) is 16.4 Å². The van der Waals surface area contributed by atoms with Crippen molar-refractivity contribution in [2.75, 3.05) is 7.05 Å². The van der Waals surface area contributed by atoms with Crippen LogP contribution in [0.1, 0.15) is 11.1 Å². The molecule has 0 saturated carbocycles. The Morgan fingerprint density at radius 2 is 1.58 bits per heavy atom. The van der Waals surface area contributed by atoms with Gasteiger partial charge < -0.3 is 0 Å². The maximum absolute atomic E-state index is 13.4. The van der Waals surface area contributed by atoms with E-state index in [1.807, 2.05) is 43.5 Å². The van der Waals surface area contributed by atoms with Gasteiger partial charge in [0.1, 0.15) is 5.82 Å². The van der Waals surface area contributed by atoms with Crippen molar-refractivity contribution < 1.29 is 12.8 Å². The number of halogens is 1. The Balaban J connectivity index is 1.73. The lowest BCUT2D eigenvalue weighted by Crippen LogP contribution is -2.26. The first kappa shape index (κ1) is 21.0. The fraction of sp³-hybridized carbons (Fsp3) is 0.125. The molecule has 31 heavy (non-hydrogen) atoms. The monoisotopic (exact) mass is 435 g/mol. The van der Waals surface area contributed by atoms with Crippen LogP contribution in [0.25, 0.3) is 16.9 Å². The molecule has 4 rings (SSSR count). The number of aryl methyl sites for hydroxylation is 1. The highest BCUT2D eigenvalue weighted by molar-refractivity contribution is 7.89. The van der Waals surface area contributed by atoms with Gasteiger partial charge in [-0.3, -0.25) is 0 Å². The smallest absolute Gasteiger partial charge is 0.240 e. The van der Waals surface area contributed by atoms with Crippen LogP contribution in [-0.2, 0) is 16.6 Å². The van der Waals surface area contributed by atoms with E-state index in [9.17, 15) is 12.8 Å². The molecule has 0 bridgehead atoms. The molecule has 3 aromatic carbocycles. The Labute approximate surface area is 181 Å². The molecule has 0 aliphatic carbocycles. The Bertz CT molecular complexity index is 1280. The Hall–Kier alpha value is -3.29. The van der Waals surface area contributed by atoms with E-state index in [0.29, 0.717) is 16.8 Å². The SMILES string of the molecule is Cc1ccc(S(=O)(=O)N(C)Cc2cn(-c3ccccc3)nc2-c2ccc(F)cc2)cc1. The summed E-state index contributed by atoms with van der Waals surface area (Å²) in [7, 11) is -2.13. The van der Waals surface area contributed by atoms with E-state index in [4.69, 9.17) is 0 Å². The van der Waals surface area contributed by atoms with Gasteiger partial charge in [0.25, 0.3) is 0 Å². The summed E-state index contributed by atoms with van der Waals surface area (Å²) < 4.78 is 42.6. The van der Waals surface area contributed by atoms with E-state index in [0.717, 1.165) is 11.3 Å². The van der Waals surface area contributed by atoms with Gasteiger partial charge in [-0.05, 0) is 55.5 Å². The lowest BCUT2D eigenvalue weighted by molar-refractivity contribution is 0.467. The summed E-state index contributed by atoms with van der Waals surface area (Å²) in [5, 5.41) is 4.67. The third-order valence-electron chi connectivity index (χ3n) is 5.05. The van der Waals surface area contributed by atoms with Gasteiger partial charge in [-0.2, -0.15) is 9.40 Å². The largest absolute Gasteiger partial charge is 0.243 e. The number of benzene rings is 3. The summed E-state index contributed by atoms with van der Waals surface area (Å²) in [5.74, 6) is -0.341. The standard InChI is InChI=1S/C24H22FN3O2S/c1-18-8-14-23(15-9-18)31(29,30)27(2)16-20-17-28(22-6-4-3-5-7-22)26-24(20)19-10-12-21(25)13-11-19/h3-15,17H,16H2,1-2H3. The van der Waals surface area contributed by atoms with Crippen LogP contribution in [0.3, 0.4) is 0 Å². The number of nitrogens with zero attached hydrogens (tertiary/aromatic N) is 3. The van der Waals surface area contributed by atoms with Gasteiger partial charge in [0, 0.05) is 30.9 Å². The zero-order valence-corrected chi connectivity index (χ0v) is 18.1. The van der Waals surface area contributed by atoms with Crippen LogP contribution >= 0.6 is 0 Å². The Kier molecular flexibility index (Phi) is 5.71. The summed E-state index contributed by atoms with van der Waals surface area (Å²) in [4.78, 5) is 0.236. The second-order valence-corrected chi connectivity index (χ2v) is 9.41. The molecule has 1 heterocycles. The fourth-order valence-corrected chi connectivity index (χ4v) is 4.45. The van der Waals surface area contributed by atoms with Crippen LogP contribution in [0.2, 0.25) is 0 Å². The Morgan fingerprint density at radius 1 is 0.935 bits per heavy atom. The molecular formula is C24H22FN3O2S. The zero-order valence-electron chi connectivity index (χ0n) is 17.2. The molecule has 4 aromatic rings. The molecule has 0 amide bonds. The molecule has 0 N–H and O–H groups in total. The van der Waals surface area contributed by atoms with Crippen molar-refractivity contribution in [3.05, 3.63) is 102 Å². The maximum atomic E-state index is 13.4. The molecule has 7 heteroatoms. The second-order valence-electron chi connectivity index (χ2n) is 7.36. The van der Waals surface area contributed by atoms with Crippen LogP contribution in [0.5, 0.6) is 0 Å². The minimum absolute atomic E-state index is 0.121. The van der Waals surface area contributed by atoms with Crippen LogP contribution < -0.4 is 0 Å². The number of hydrogen-bond acceptors (Lipinski definition) is 3. The molecule has 0 aliphatic rings. The minimum Gasteiger partial charge on any atom is -0.240 e. The number of para-hydroxylation sites is 1. The number of aromatic nitrogens is 2. The molecule has 0 radical (unpaired) electrons. The van der Waals surface area contributed by atoms with Gasteiger partial charge in [-0.25, -0.2) is 17.5 Å². The summed E-state index contributed by atoms with van der Waals surface area (Å²) in [5.41, 5.74) is 3.88. The van der Waals surface area contributed by atoms with Crippen molar-refractivity contribution in [1.29, 1.82) is 0 Å². The zero-order chi connectivity index (χ0) is 22.0.